The number of hydrogen-bond donors (Lipinski definition) is 1. The maximum Gasteiger partial charge on any atom is 0.152 e. The van der Waals surface area contributed by atoms with Gasteiger partial charge in [0.2, 0.25) is 0 Å². The van der Waals surface area contributed by atoms with Crippen LogP contribution in [0.1, 0.15) is 25.2 Å². The Kier molecular flexibility index (Phi) is 4.20. The molecule has 0 radical (unpaired) electrons. The lowest BCUT2D eigenvalue weighted by atomic mass is 10.1. The number of anilines is 1. The van der Waals surface area contributed by atoms with Crippen molar-refractivity contribution >= 4 is 5.69 Å². The first-order chi connectivity index (χ1) is 10.2. The minimum absolute atomic E-state index is 0.690. The molecule has 0 amide bonds. The summed E-state index contributed by atoms with van der Waals surface area (Å²) in [5.41, 5.74) is 2.59. The van der Waals surface area contributed by atoms with Gasteiger partial charge in [0.05, 0.1) is 6.54 Å². The van der Waals surface area contributed by atoms with Crippen LogP contribution in [0, 0.1) is 5.92 Å². The van der Waals surface area contributed by atoms with E-state index in [4.69, 9.17) is 0 Å². The maximum atomic E-state index is 4.17. The summed E-state index contributed by atoms with van der Waals surface area (Å²) in [5, 5.41) is 11.6. The van der Waals surface area contributed by atoms with Crippen LogP contribution in [0.2, 0.25) is 0 Å². The summed E-state index contributed by atoms with van der Waals surface area (Å²) in [4.78, 5) is 2.36. The van der Waals surface area contributed by atoms with Gasteiger partial charge in [0.1, 0.15) is 6.33 Å². The molecule has 2 heterocycles. The molecule has 1 N–H and O–H groups in total. The third-order valence-corrected chi connectivity index (χ3v) is 3.82. The summed E-state index contributed by atoms with van der Waals surface area (Å²) in [5.74, 6) is 1.74. The zero-order chi connectivity index (χ0) is 14.7. The van der Waals surface area contributed by atoms with Crippen LogP contribution in [-0.4, -0.2) is 27.9 Å². The molecule has 1 aliphatic rings. The predicted octanol–water partition coefficient (Wildman–Crippen LogP) is 2.04. The quantitative estimate of drug-likeness (QED) is 0.913. The first kappa shape index (κ1) is 14.1. The Morgan fingerprint density at radius 1 is 1.19 bits per heavy atom. The second-order valence-corrected chi connectivity index (χ2v) is 6.05. The van der Waals surface area contributed by atoms with Crippen molar-refractivity contribution in [1.82, 2.24) is 20.1 Å². The van der Waals surface area contributed by atoms with Gasteiger partial charge in [-0.05, 0) is 30.2 Å². The molecule has 0 saturated carbocycles. The molecule has 1 aromatic heterocycles. The van der Waals surface area contributed by atoms with Gasteiger partial charge >= 0.3 is 0 Å². The average molecular weight is 285 g/mol. The van der Waals surface area contributed by atoms with Crippen molar-refractivity contribution in [1.29, 1.82) is 0 Å². The highest BCUT2D eigenvalue weighted by Gasteiger charge is 2.17. The van der Waals surface area contributed by atoms with Crippen LogP contribution >= 0.6 is 0 Å². The van der Waals surface area contributed by atoms with Crippen molar-refractivity contribution in [3.05, 3.63) is 42.0 Å². The van der Waals surface area contributed by atoms with Gasteiger partial charge < -0.3 is 14.8 Å². The molecular formula is C16H23N5. The van der Waals surface area contributed by atoms with Crippen LogP contribution in [0.25, 0.3) is 0 Å². The van der Waals surface area contributed by atoms with E-state index < -0.39 is 0 Å². The van der Waals surface area contributed by atoms with E-state index in [1.807, 2.05) is 6.33 Å². The van der Waals surface area contributed by atoms with Crippen molar-refractivity contribution in [3.63, 3.8) is 0 Å². The summed E-state index contributed by atoms with van der Waals surface area (Å²) >= 11 is 0. The van der Waals surface area contributed by atoms with E-state index in [0.29, 0.717) is 5.92 Å². The zero-order valence-corrected chi connectivity index (χ0v) is 12.8. The van der Waals surface area contributed by atoms with Gasteiger partial charge in [-0.1, -0.05) is 26.0 Å². The molecule has 2 aromatic rings. The number of fused-ring (bicyclic) bond motifs is 1. The smallest absolute Gasteiger partial charge is 0.152 e. The maximum absolute atomic E-state index is 4.17. The van der Waals surface area contributed by atoms with E-state index >= 15 is 0 Å². The van der Waals surface area contributed by atoms with Crippen LogP contribution in [-0.2, 0) is 19.6 Å². The van der Waals surface area contributed by atoms with E-state index in [1.54, 1.807) is 0 Å². The van der Waals surface area contributed by atoms with Gasteiger partial charge in [0.15, 0.2) is 5.82 Å². The van der Waals surface area contributed by atoms with Gasteiger partial charge in [0.25, 0.3) is 0 Å². The molecule has 3 rings (SSSR count). The molecule has 5 heteroatoms. The molecule has 5 nitrogen and oxygen atoms in total. The molecule has 0 saturated heterocycles. The minimum Gasteiger partial charge on any atom is -0.362 e. The highest BCUT2D eigenvalue weighted by atomic mass is 15.3. The van der Waals surface area contributed by atoms with Crippen LogP contribution in [0.15, 0.2) is 30.6 Å². The van der Waals surface area contributed by atoms with Gasteiger partial charge in [-0.25, -0.2) is 0 Å². The summed E-state index contributed by atoms with van der Waals surface area (Å²) in [6.07, 6.45) is 1.82. The molecule has 0 atom stereocenters. The largest absolute Gasteiger partial charge is 0.362 e. The highest BCUT2D eigenvalue weighted by molar-refractivity contribution is 5.48. The summed E-state index contributed by atoms with van der Waals surface area (Å²) < 4.78 is 2.13. The van der Waals surface area contributed by atoms with Crippen LogP contribution in [0.3, 0.4) is 0 Å². The Labute approximate surface area is 126 Å². The molecule has 21 heavy (non-hydrogen) atoms. The topological polar surface area (TPSA) is 46.0 Å². The van der Waals surface area contributed by atoms with E-state index in [1.165, 1.54) is 11.3 Å². The molecule has 1 aliphatic heterocycles. The van der Waals surface area contributed by atoms with Gasteiger partial charge in [-0.3, -0.25) is 0 Å². The van der Waals surface area contributed by atoms with Crippen molar-refractivity contribution < 1.29 is 0 Å². The molecule has 0 spiro atoms. The molecular weight excluding hydrogens is 262 g/mol. The van der Waals surface area contributed by atoms with Gasteiger partial charge in [-0.2, -0.15) is 0 Å². The highest BCUT2D eigenvalue weighted by Crippen LogP contribution is 2.20. The second-order valence-electron chi connectivity index (χ2n) is 6.05. The van der Waals surface area contributed by atoms with Crippen molar-refractivity contribution in [2.75, 3.05) is 18.0 Å². The van der Waals surface area contributed by atoms with Gasteiger partial charge in [-0.15, -0.1) is 10.2 Å². The molecule has 0 unspecified atom stereocenters. The number of hydrogen-bond acceptors (Lipinski definition) is 4. The summed E-state index contributed by atoms with van der Waals surface area (Å²) in [6.45, 7) is 9.26. The van der Waals surface area contributed by atoms with Crippen molar-refractivity contribution in [3.8, 4) is 0 Å². The monoisotopic (exact) mass is 285 g/mol. The Morgan fingerprint density at radius 2 is 2.00 bits per heavy atom. The van der Waals surface area contributed by atoms with E-state index in [9.17, 15) is 0 Å². The number of nitrogens with one attached hydrogen (secondary N) is 1. The Hall–Kier alpha value is -1.88. The van der Waals surface area contributed by atoms with Crippen LogP contribution < -0.4 is 10.2 Å². The lowest BCUT2D eigenvalue weighted by Crippen LogP contribution is -2.33. The van der Waals surface area contributed by atoms with Crippen LogP contribution in [0.4, 0.5) is 5.69 Å². The number of aromatic nitrogens is 3. The van der Waals surface area contributed by atoms with E-state index in [2.05, 4.69) is 63.1 Å². The lowest BCUT2D eigenvalue weighted by Gasteiger charge is -2.29. The Bertz CT molecular complexity index is 573. The average Bonchev–Trinajstić information content (AvgIpc) is 2.95. The standard InChI is InChI=1S/C16H23N5/c1-13(2)9-17-10-14-3-5-15(6-4-14)20-7-8-21-12-18-19-16(21)11-20/h3-6,12-13,17H,7-11H2,1-2H3. The SMILES string of the molecule is CC(C)CNCc1ccc(N2CCn3cnnc3C2)cc1. The lowest BCUT2D eigenvalue weighted by molar-refractivity contribution is 0.551. The second kappa shape index (κ2) is 6.26. The van der Waals surface area contributed by atoms with E-state index in [0.717, 1.165) is 38.5 Å². The van der Waals surface area contributed by atoms with Crippen molar-refractivity contribution in [2.45, 2.75) is 33.5 Å². The molecule has 0 fully saturated rings. The summed E-state index contributed by atoms with van der Waals surface area (Å²) in [7, 11) is 0. The zero-order valence-electron chi connectivity index (χ0n) is 12.8. The molecule has 112 valence electrons. The Balaban J connectivity index is 1.60. The fourth-order valence-corrected chi connectivity index (χ4v) is 2.62. The number of nitrogens with zero attached hydrogens (tertiary/aromatic N) is 4. The molecule has 0 aliphatic carbocycles. The molecule has 1 aromatic carbocycles. The number of rotatable bonds is 5. The molecule has 0 bridgehead atoms. The predicted molar refractivity (Wildman–Crippen MR) is 84.1 cm³/mol. The van der Waals surface area contributed by atoms with Crippen molar-refractivity contribution in [2.24, 2.45) is 5.92 Å². The fraction of sp³-hybridized carbons (Fsp3) is 0.500. The third-order valence-electron chi connectivity index (χ3n) is 3.82. The normalized spacial score (nSPS) is 14.5. The van der Waals surface area contributed by atoms with Crippen LogP contribution in [0.5, 0.6) is 0 Å². The minimum atomic E-state index is 0.690. The van der Waals surface area contributed by atoms with Gasteiger partial charge in [0, 0.05) is 25.3 Å². The first-order valence-electron chi connectivity index (χ1n) is 7.63. The van der Waals surface area contributed by atoms with E-state index in [-0.39, 0.29) is 0 Å². The summed E-state index contributed by atoms with van der Waals surface area (Å²) in [6, 6.07) is 8.83. The number of benzene rings is 1. The first-order valence-corrected chi connectivity index (χ1v) is 7.63. The Morgan fingerprint density at radius 3 is 2.76 bits per heavy atom. The fourth-order valence-electron chi connectivity index (χ4n) is 2.62. The third kappa shape index (κ3) is 3.42.